The second-order valence-electron chi connectivity index (χ2n) is 4.72. The second-order valence-corrected chi connectivity index (χ2v) is 4.72. The predicted molar refractivity (Wildman–Crippen MR) is 69.2 cm³/mol. The summed E-state index contributed by atoms with van der Waals surface area (Å²) in [5.41, 5.74) is 7.78. The lowest BCUT2D eigenvalue weighted by molar-refractivity contribution is 0.205. The molecule has 3 heteroatoms. The molecule has 0 spiro atoms. The number of anilines is 1. The van der Waals surface area contributed by atoms with Crippen molar-refractivity contribution in [2.45, 2.75) is 38.3 Å². The molecule has 3 nitrogen and oxygen atoms in total. The van der Waals surface area contributed by atoms with Gasteiger partial charge in [0.2, 0.25) is 0 Å². The van der Waals surface area contributed by atoms with Gasteiger partial charge in [-0.25, -0.2) is 0 Å². The van der Waals surface area contributed by atoms with Gasteiger partial charge in [-0.05, 0) is 37.5 Å². The third kappa shape index (κ3) is 2.98. The van der Waals surface area contributed by atoms with Crippen molar-refractivity contribution in [1.29, 1.82) is 5.26 Å². The monoisotopic (exact) mass is 229 g/mol. The molecule has 2 N–H and O–H groups in total. The Morgan fingerprint density at radius 3 is 2.59 bits per heavy atom. The topological polar surface area (TPSA) is 53.0 Å². The quantitative estimate of drug-likeness (QED) is 0.790. The van der Waals surface area contributed by atoms with E-state index in [1.165, 1.54) is 18.4 Å². The molecule has 0 bridgehead atoms. The predicted octanol–water partition coefficient (Wildman–Crippen LogP) is 2.71. The Morgan fingerprint density at radius 2 is 2.06 bits per heavy atom. The van der Waals surface area contributed by atoms with Crippen LogP contribution in [0.2, 0.25) is 0 Å². The fraction of sp³-hybridized carbons (Fsp3) is 0.500. The highest BCUT2D eigenvalue weighted by atomic mass is 15.2. The Bertz CT molecular complexity index is 400. The van der Waals surface area contributed by atoms with E-state index in [4.69, 9.17) is 11.0 Å². The molecule has 90 valence electrons. The maximum Gasteiger partial charge on any atom is 0.0635 e. The molecule has 17 heavy (non-hydrogen) atoms. The van der Waals surface area contributed by atoms with E-state index in [2.05, 4.69) is 30.0 Å². The van der Waals surface area contributed by atoms with E-state index in [1.54, 1.807) is 0 Å². The standard InChI is InChI=1S/C14H19N3/c1-11(12-3-5-13(16)6-4-12)17(10-2-9-15)14-7-8-14/h3-6,11,14H,2,7-8,10,16H2,1H3. The normalized spacial score (nSPS) is 16.8. The number of rotatable bonds is 5. The number of nitriles is 1. The third-order valence-corrected chi connectivity index (χ3v) is 3.41. The SMILES string of the molecule is CC(c1ccc(N)cc1)N(CCC#N)C1CC1. The molecule has 1 saturated carbocycles. The van der Waals surface area contributed by atoms with Crippen LogP contribution in [0.1, 0.15) is 37.8 Å². The summed E-state index contributed by atoms with van der Waals surface area (Å²) in [7, 11) is 0. The number of benzene rings is 1. The lowest BCUT2D eigenvalue weighted by atomic mass is 10.1. The number of hydrogen-bond acceptors (Lipinski definition) is 3. The molecule has 1 unspecified atom stereocenters. The minimum atomic E-state index is 0.372. The van der Waals surface area contributed by atoms with Gasteiger partial charge in [0.15, 0.2) is 0 Å². The van der Waals surface area contributed by atoms with E-state index in [0.29, 0.717) is 18.5 Å². The first kappa shape index (κ1) is 11.9. The molecule has 0 amide bonds. The Morgan fingerprint density at radius 1 is 1.41 bits per heavy atom. The number of nitrogens with two attached hydrogens (primary N) is 1. The molecule has 1 atom stereocenters. The maximum absolute atomic E-state index is 8.71. The molecule has 0 radical (unpaired) electrons. The smallest absolute Gasteiger partial charge is 0.0635 e. The Balaban J connectivity index is 2.07. The maximum atomic E-state index is 8.71. The zero-order valence-corrected chi connectivity index (χ0v) is 10.3. The fourth-order valence-corrected chi connectivity index (χ4v) is 2.24. The summed E-state index contributed by atoms with van der Waals surface area (Å²) >= 11 is 0. The van der Waals surface area contributed by atoms with Crippen LogP contribution < -0.4 is 5.73 Å². The molecule has 2 rings (SSSR count). The summed E-state index contributed by atoms with van der Waals surface area (Å²) < 4.78 is 0. The van der Waals surface area contributed by atoms with Crippen LogP contribution in [0, 0.1) is 11.3 Å². The summed E-state index contributed by atoms with van der Waals surface area (Å²) in [5, 5.41) is 8.71. The Labute approximate surface area is 103 Å². The molecule has 1 aromatic rings. The molecular weight excluding hydrogens is 210 g/mol. The van der Waals surface area contributed by atoms with Gasteiger partial charge >= 0.3 is 0 Å². The highest BCUT2D eigenvalue weighted by Crippen LogP contribution is 2.34. The van der Waals surface area contributed by atoms with Gasteiger partial charge in [0.05, 0.1) is 6.07 Å². The Hall–Kier alpha value is -1.53. The van der Waals surface area contributed by atoms with Crippen LogP contribution in [-0.2, 0) is 0 Å². The second kappa shape index (κ2) is 5.20. The van der Waals surface area contributed by atoms with Crippen LogP contribution >= 0.6 is 0 Å². The lowest BCUT2D eigenvalue weighted by Crippen LogP contribution is -2.30. The van der Waals surface area contributed by atoms with Gasteiger partial charge in [-0.3, -0.25) is 4.90 Å². The van der Waals surface area contributed by atoms with Gasteiger partial charge in [0, 0.05) is 30.7 Å². The van der Waals surface area contributed by atoms with Crippen LogP contribution in [0.5, 0.6) is 0 Å². The van der Waals surface area contributed by atoms with E-state index in [-0.39, 0.29) is 0 Å². The van der Waals surface area contributed by atoms with Crippen molar-refractivity contribution in [3.8, 4) is 6.07 Å². The van der Waals surface area contributed by atoms with Crippen molar-refractivity contribution < 1.29 is 0 Å². The van der Waals surface area contributed by atoms with Crippen LogP contribution in [0.25, 0.3) is 0 Å². The number of hydrogen-bond donors (Lipinski definition) is 1. The average molecular weight is 229 g/mol. The molecule has 1 aliphatic rings. The summed E-state index contributed by atoms with van der Waals surface area (Å²) in [6, 6.07) is 11.3. The van der Waals surface area contributed by atoms with Gasteiger partial charge in [-0.2, -0.15) is 5.26 Å². The summed E-state index contributed by atoms with van der Waals surface area (Å²) in [6.07, 6.45) is 3.14. The molecule has 1 aliphatic carbocycles. The number of nitrogen functional groups attached to an aromatic ring is 1. The van der Waals surface area contributed by atoms with Gasteiger partial charge < -0.3 is 5.73 Å². The molecular formula is C14H19N3. The van der Waals surface area contributed by atoms with E-state index in [0.717, 1.165) is 12.2 Å². The highest BCUT2D eigenvalue weighted by Gasteiger charge is 2.32. The fourth-order valence-electron chi connectivity index (χ4n) is 2.24. The first-order valence-electron chi connectivity index (χ1n) is 6.20. The van der Waals surface area contributed by atoms with E-state index in [9.17, 15) is 0 Å². The minimum absolute atomic E-state index is 0.372. The van der Waals surface area contributed by atoms with Crippen molar-refractivity contribution in [2.75, 3.05) is 12.3 Å². The molecule has 1 aromatic carbocycles. The largest absolute Gasteiger partial charge is 0.399 e. The van der Waals surface area contributed by atoms with E-state index in [1.807, 2.05) is 12.1 Å². The molecule has 1 fully saturated rings. The van der Waals surface area contributed by atoms with Crippen LogP contribution in [0.4, 0.5) is 5.69 Å². The zero-order chi connectivity index (χ0) is 12.3. The van der Waals surface area contributed by atoms with Crippen LogP contribution in [0.3, 0.4) is 0 Å². The molecule has 0 heterocycles. The third-order valence-electron chi connectivity index (χ3n) is 3.41. The molecule has 0 aromatic heterocycles. The summed E-state index contributed by atoms with van der Waals surface area (Å²) in [6.45, 7) is 3.08. The Kier molecular flexibility index (Phi) is 3.65. The average Bonchev–Trinajstić information content (AvgIpc) is 3.14. The van der Waals surface area contributed by atoms with Gasteiger partial charge in [0.25, 0.3) is 0 Å². The zero-order valence-electron chi connectivity index (χ0n) is 10.3. The van der Waals surface area contributed by atoms with Gasteiger partial charge in [-0.15, -0.1) is 0 Å². The lowest BCUT2D eigenvalue weighted by Gasteiger charge is -2.28. The van der Waals surface area contributed by atoms with Crippen LogP contribution in [0.15, 0.2) is 24.3 Å². The molecule has 0 saturated heterocycles. The van der Waals surface area contributed by atoms with E-state index >= 15 is 0 Å². The van der Waals surface area contributed by atoms with Gasteiger partial charge in [-0.1, -0.05) is 12.1 Å². The van der Waals surface area contributed by atoms with Crippen molar-refractivity contribution in [2.24, 2.45) is 0 Å². The minimum Gasteiger partial charge on any atom is -0.399 e. The molecule has 0 aliphatic heterocycles. The van der Waals surface area contributed by atoms with Crippen molar-refractivity contribution in [3.63, 3.8) is 0 Å². The summed E-state index contributed by atoms with van der Waals surface area (Å²) in [5.74, 6) is 0. The van der Waals surface area contributed by atoms with E-state index < -0.39 is 0 Å². The van der Waals surface area contributed by atoms with Gasteiger partial charge in [0.1, 0.15) is 0 Å². The van der Waals surface area contributed by atoms with Crippen molar-refractivity contribution >= 4 is 5.69 Å². The first-order valence-corrected chi connectivity index (χ1v) is 6.20. The number of nitrogens with zero attached hydrogens (tertiary/aromatic N) is 2. The van der Waals surface area contributed by atoms with Crippen molar-refractivity contribution in [1.82, 2.24) is 4.90 Å². The first-order chi connectivity index (χ1) is 8.22. The van der Waals surface area contributed by atoms with Crippen LogP contribution in [-0.4, -0.2) is 17.5 Å². The highest BCUT2D eigenvalue weighted by molar-refractivity contribution is 5.40. The summed E-state index contributed by atoms with van der Waals surface area (Å²) in [4.78, 5) is 2.44. The van der Waals surface area contributed by atoms with Crippen molar-refractivity contribution in [3.05, 3.63) is 29.8 Å².